The van der Waals surface area contributed by atoms with Crippen molar-refractivity contribution >= 4 is 11.7 Å². The van der Waals surface area contributed by atoms with Crippen LogP contribution in [-0.2, 0) is 4.79 Å². The molecule has 2 rings (SSSR count). The topological polar surface area (TPSA) is 37.4 Å². The molecule has 1 heterocycles. The number of carbonyl (C=O) groups excluding carboxylic acids is 2. The van der Waals surface area contributed by atoms with Crippen molar-refractivity contribution in [3.8, 4) is 0 Å². The van der Waals surface area contributed by atoms with Crippen LogP contribution in [0, 0.1) is 0 Å². The van der Waals surface area contributed by atoms with E-state index in [0.717, 1.165) is 0 Å². The summed E-state index contributed by atoms with van der Waals surface area (Å²) >= 11 is 0. The summed E-state index contributed by atoms with van der Waals surface area (Å²) in [5.74, 6) is -2.37. The number of likely N-dealkylation sites (tertiary alicyclic amines) is 1. The Morgan fingerprint density at radius 1 is 1.16 bits per heavy atom. The van der Waals surface area contributed by atoms with E-state index in [-0.39, 0.29) is 13.0 Å². The highest BCUT2D eigenvalue weighted by Crippen LogP contribution is 2.27. The smallest absolute Gasteiger partial charge is 0.324 e. The predicted molar refractivity (Wildman–Crippen MR) is 61.6 cm³/mol. The van der Waals surface area contributed by atoms with Crippen molar-refractivity contribution in [3.05, 3.63) is 35.9 Å². The molecular weight excluding hydrogens is 259 g/mol. The van der Waals surface area contributed by atoms with Crippen LogP contribution in [0.15, 0.2) is 30.3 Å². The van der Waals surface area contributed by atoms with Crippen molar-refractivity contribution in [2.75, 3.05) is 6.54 Å². The van der Waals surface area contributed by atoms with Gasteiger partial charge in [-0.3, -0.25) is 9.59 Å². The molecule has 1 saturated heterocycles. The van der Waals surface area contributed by atoms with E-state index in [9.17, 15) is 22.8 Å². The van der Waals surface area contributed by atoms with Gasteiger partial charge in [0.2, 0.25) is 0 Å². The molecule has 1 fully saturated rings. The van der Waals surface area contributed by atoms with E-state index in [0.29, 0.717) is 16.9 Å². The van der Waals surface area contributed by atoms with Crippen LogP contribution in [0.5, 0.6) is 0 Å². The number of hydrogen-bond acceptors (Lipinski definition) is 2. The first kappa shape index (κ1) is 13.6. The van der Waals surface area contributed by atoms with Crippen LogP contribution in [0.1, 0.15) is 23.2 Å². The number of alkyl halides is 3. The van der Waals surface area contributed by atoms with Gasteiger partial charge in [0.25, 0.3) is 0 Å². The van der Waals surface area contributed by atoms with Gasteiger partial charge >= 0.3 is 12.1 Å². The third kappa shape index (κ3) is 2.77. The van der Waals surface area contributed by atoms with Gasteiger partial charge in [0.15, 0.2) is 5.78 Å². The number of benzene rings is 1. The fourth-order valence-electron chi connectivity index (χ4n) is 2.24. The number of amides is 1. The average molecular weight is 271 g/mol. The van der Waals surface area contributed by atoms with Gasteiger partial charge in [-0.05, 0) is 12.8 Å². The SMILES string of the molecule is O=C(c1ccccc1)[C@H]1CCCN1C(=O)C(F)(F)F. The Hall–Kier alpha value is -1.85. The van der Waals surface area contributed by atoms with Gasteiger partial charge in [-0.15, -0.1) is 0 Å². The normalized spacial score (nSPS) is 19.5. The highest BCUT2D eigenvalue weighted by molar-refractivity contribution is 6.02. The van der Waals surface area contributed by atoms with Crippen LogP contribution in [-0.4, -0.2) is 35.4 Å². The van der Waals surface area contributed by atoms with Crippen molar-refractivity contribution in [2.24, 2.45) is 0 Å². The molecule has 0 saturated carbocycles. The number of Topliss-reactive ketones (excluding diaryl/α,β-unsaturated/α-hetero) is 1. The van der Waals surface area contributed by atoms with Gasteiger partial charge in [0, 0.05) is 12.1 Å². The summed E-state index contributed by atoms with van der Waals surface area (Å²) in [7, 11) is 0. The molecule has 0 aromatic heterocycles. The minimum atomic E-state index is -4.93. The van der Waals surface area contributed by atoms with Gasteiger partial charge < -0.3 is 4.90 Å². The molecular formula is C13H12F3NO2. The molecule has 0 aliphatic carbocycles. The standard InChI is InChI=1S/C13H12F3NO2/c14-13(15,16)12(19)17-8-4-7-10(17)11(18)9-5-2-1-3-6-9/h1-3,5-6,10H,4,7-8H2/t10-/m1/s1. The van der Waals surface area contributed by atoms with Crippen LogP contribution in [0.4, 0.5) is 13.2 Å². The Labute approximate surface area is 108 Å². The number of carbonyl (C=O) groups is 2. The highest BCUT2D eigenvalue weighted by atomic mass is 19.4. The lowest BCUT2D eigenvalue weighted by Gasteiger charge is -2.24. The maximum atomic E-state index is 12.4. The van der Waals surface area contributed by atoms with Gasteiger partial charge in [-0.1, -0.05) is 30.3 Å². The second-order valence-corrected chi connectivity index (χ2v) is 4.38. The van der Waals surface area contributed by atoms with Crippen LogP contribution >= 0.6 is 0 Å². The summed E-state index contributed by atoms with van der Waals surface area (Å²) in [5.41, 5.74) is 0.328. The Bertz CT molecular complexity index is 484. The van der Waals surface area contributed by atoms with Gasteiger partial charge in [0.05, 0.1) is 6.04 Å². The van der Waals surface area contributed by atoms with E-state index < -0.39 is 23.9 Å². The lowest BCUT2D eigenvalue weighted by atomic mass is 10.0. The molecule has 0 bridgehead atoms. The maximum absolute atomic E-state index is 12.4. The number of hydrogen-bond donors (Lipinski definition) is 0. The zero-order valence-corrected chi connectivity index (χ0v) is 9.98. The molecule has 1 aliphatic rings. The summed E-state index contributed by atoms with van der Waals surface area (Å²) in [5, 5.41) is 0. The number of rotatable bonds is 2. The molecule has 102 valence electrons. The van der Waals surface area contributed by atoms with Crippen LogP contribution < -0.4 is 0 Å². The minimum Gasteiger partial charge on any atom is -0.324 e. The number of halogens is 3. The fourth-order valence-corrected chi connectivity index (χ4v) is 2.24. The quantitative estimate of drug-likeness (QED) is 0.775. The van der Waals surface area contributed by atoms with Crippen LogP contribution in [0.3, 0.4) is 0 Å². The van der Waals surface area contributed by atoms with Crippen molar-refractivity contribution < 1.29 is 22.8 Å². The predicted octanol–water partition coefficient (Wildman–Crippen LogP) is 2.42. The zero-order valence-electron chi connectivity index (χ0n) is 9.98. The van der Waals surface area contributed by atoms with Gasteiger partial charge in [-0.2, -0.15) is 13.2 Å². The zero-order chi connectivity index (χ0) is 14.0. The first-order valence-corrected chi connectivity index (χ1v) is 5.88. The lowest BCUT2D eigenvalue weighted by molar-refractivity contribution is -0.185. The van der Waals surface area contributed by atoms with E-state index >= 15 is 0 Å². The second-order valence-electron chi connectivity index (χ2n) is 4.38. The molecule has 3 nitrogen and oxygen atoms in total. The van der Waals surface area contributed by atoms with Crippen molar-refractivity contribution in [2.45, 2.75) is 25.1 Å². The second kappa shape index (κ2) is 5.03. The lowest BCUT2D eigenvalue weighted by Crippen LogP contribution is -2.46. The largest absolute Gasteiger partial charge is 0.471 e. The number of ketones is 1. The molecule has 0 spiro atoms. The molecule has 1 atom stereocenters. The van der Waals surface area contributed by atoms with Crippen molar-refractivity contribution in [1.29, 1.82) is 0 Å². The minimum absolute atomic E-state index is 0.0262. The van der Waals surface area contributed by atoms with Crippen LogP contribution in [0.2, 0.25) is 0 Å². The monoisotopic (exact) mass is 271 g/mol. The average Bonchev–Trinajstić information content (AvgIpc) is 2.85. The summed E-state index contributed by atoms with van der Waals surface area (Å²) in [6.07, 6.45) is -4.25. The summed E-state index contributed by atoms with van der Waals surface area (Å²) in [6.45, 7) is -0.0262. The highest BCUT2D eigenvalue weighted by Gasteiger charge is 2.47. The van der Waals surface area contributed by atoms with Gasteiger partial charge in [-0.25, -0.2) is 0 Å². The summed E-state index contributed by atoms with van der Waals surface area (Å²) in [6, 6.07) is 7.06. The first-order valence-electron chi connectivity index (χ1n) is 5.88. The third-order valence-corrected chi connectivity index (χ3v) is 3.12. The van der Waals surface area contributed by atoms with E-state index in [4.69, 9.17) is 0 Å². The molecule has 19 heavy (non-hydrogen) atoms. The fraction of sp³-hybridized carbons (Fsp3) is 0.385. The van der Waals surface area contributed by atoms with Crippen molar-refractivity contribution in [3.63, 3.8) is 0 Å². The summed E-state index contributed by atoms with van der Waals surface area (Å²) in [4.78, 5) is 24.0. The Morgan fingerprint density at radius 2 is 1.79 bits per heavy atom. The molecule has 0 radical (unpaired) electrons. The Kier molecular flexibility index (Phi) is 3.59. The molecule has 1 aliphatic heterocycles. The summed E-state index contributed by atoms with van der Waals surface area (Å²) < 4.78 is 37.3. The maximum Gasteiger partial charge on any atom is 0.471 e. The van der Waals surface area contributed by atoms with E-state index in [2.05, 4.69) is 0 Å². The number of nitrogens with zero attached hydrogens (tertiary/aromatic N) is 1. The molecule has 0 N–H and O–H groups in total. The first-order chi connectivity index (χ1) is 8.91. The van der Waals surface area contributed by atoms with Gasteiger partial charge in [0.1, 0.15) is 0 Å². The van der Waals surface area contributed by atoms with Crippen LogP contribution in [0.25, 0.3) is 0 Å². The van der Waals surface area contributed by atoms with Crippen molar-refractivity contribution in [1.82, 2.24) is 4.90 Å². The molecule has 6 heteroatoms. The van der Waals surface area contributed by atoms with E-state index in [1.54, 1.807) is 18.2 Å². The molecule has 1 aromatic rings. The third-order valence-electron chi connectivity index (χ3n) is 3.12. The Morgan fingerprint density at radius 3 is 2.37 bits per heavy atom. The molecule has 1 amide bonds. The van der Waals surface area contributed by atoms with E-state index in [1.807, 2.05) is 0 Å². The molecule has 1 aromatic carbocycles. The van der Waals surface area contributed by atoms with E-state index in [1.165, 1.54) is 12.1 Å². The molecule has 0 unspecified atom stereocenters. The Balaban J connectivity index is 2.20.